The van der Waals surface area contributed by atoms with Gasteiger partial charge in [0.1, 0.15) is 11.5 Å². The molecule has 2 aromatic carbocycles. The summed E-state index contributed by atoms with van der Waals surface area (Å²) >= 11 is 0. The molecule has 0 aliphatic carbocycles. The first-order valence-electron chi connectivity index (χ1n) is 7.40. The lowest BCUT2D eigenvalue weighted by Crippen LogP contribution is -1.97. The maximum Gasteiger partial charge on any atom is 0.133 e. The van der Waals surface area contributed by atoms with Crippen LogP contribution in [0.4, 0.5) is 0 Å². The fraction of sp³-hybridized carbons (Fsp3) is 0.200. The van der Waals surface area contributed by atoms with E-state index in [1.165, 1.54) is 11.1 Å². The normalized spacial score (nSPS) is 10.1. The predicted molar refractivity (Wildman–Crippen MR) is 90.0 cm³/mol. The van der Waals surface area contributed by atoms with E-state index in [9.17, 15) is 0 Å². The van der Waals surface area contributed by atoms with Gasteiger partial charge in [0.05, 0.1) is 0 Å². The summed E-state index contributed by atoms with van der Waals surface area (Å²) in [6.07, 6.45) is 7.71. The fourth-order valence-electron chi connectivity index (χ4n) is 2.28. The molecule has 1 heteroatoms. The zero-order valence-corrected chi connectivity index (χ0v) is 12.4. The highest BCUT2D eigenvalue weighted by Crippen LogP contribution is 2.31. The Labute approximate surface area is 127 Å². The SMILES string of the molecule is C=CCCc1cccc(CCC=C)c1Oc1ccccc1. The molecule has 0 spiro atoms. The van der Waals surface area contributed by atoms with Crippen LogP contribution in [0.5, 0.6) is 11.5 Å². The third kappa shape index (κ3) is 4.35. The molecule has 0 radical (unpaired) electrons. The molecule has 1 nitrogen and oxygen atoms in total. The van der Waals surface area contributed by atoms with E-state index >= 15 is 0 Å². The molecule has 2 aromatic rings. The number of allylic oxidation sites excluding steroid dienone is 2. The molecule has 0 heterocycles. The maximum atomic E-state index is 6.17. The minimum Gasteiger partial charge on any atom is -0.457 e. The zero-order valence-electron chi connectivity index (χ0n) is 12.4. The van der Waals surface area contributed by atoms with Gasteiger partial charge in [-0.25, -0.2) is 0 Å². The van der Waals surface area contributed by atoms with Crippen LogP contribution in [-0.2, 0) is 12.8 Å². The molecule has 0 bridgehead atoms. The second-order valence-electron chi connectivity index (χ2n) is 4.98. The van der Waals surface area contributed by atoms with Crippen molar-refractivity contribution in [3.63, 3.8) is 0 Å². The van der Waals surface area contributed by atoms with Crippen LogP contribution in [0.2, 0.25) is 0 Å². The highest BCUT2D eigenvalue weighted by Gasteiger charge is 2.10. The largest absolute Gasteiger partial charge is 0.457 e. The lowest BCUT2D eigenvalue weighted by molar-refractivity contribution is 0.469. The molecule has 0 N–H and O–H groups in total. The maximum absolute atomic E-state index is 6.17. The quantitative estimate of drug-likeness (QED) is 0.561. The van der Waals surface area contributed by atoms with Gasteiger partial charge in [0, 0.05) is 0 Å². The molecule has 0 unspecified atom stereocenters. The van der Waals surface area contributed by atoms with Crippen LogP contribution in [0.3, 0.4) is 0 Å². The Kier molecular flexibility index (Phi) is 5.83. The third-order valence-electron chi connectivity index (χ3n) is 3.38. The molecule has 2 rings (SSSR count). The van der Waals surface area contributed by atoms with E-state index in [0.717, 1.165) is 37.2 Å². The lowest BCUT2D eigenvalue weighted by Gasteiger charge is -2.15. The van der Waals surface area contributed by atoms with Crippen LogP contribution in [0.25, 0.3) is 0 Å². The van der Waals surface area contributed by atoms with Gasteiger partial charge in [-0.05, 0) is 48.9 Å². The molecule has 108 valence electrons. The van der Waals surface area contributed by atoms with Crippen LogP contribution < -0.4 is 4.74 Å². The summed E-state index contributed by atoms with van der Waals surface area (Å²) in [5.74, 6) is 1.87. The molecular formula is C20H22O. The monoisotopic (exact) mass is 278 g/mol. The highest BCUT2D eigenvalue weighted by molar-refractivity contribution is 5.45. The van der Waals surface area contributed by atoms with E-state index in [1.54, 1.807) is 0 Å². The fourth-order valence-corrected chi connectivity index (χ4v) is 2.28. The number of rotatable bonds is 8. The zero-order chi connectivity index (χ0) is 14.9. The summed E-state index contributed by atoms with van der Waals surface area (Å²) in [6.45, 7) is 7.61. The first-order chi connectivity index (χ1) is 10.3. The summed E-state index contributed by atoms with van der Waals surface area (Å²) in [5, 5.41) is 0. The summed E-state index contributed by atoms with van der Waals surface area (Å²) < 4.78 is 6.17. The highest BCUT2D eigenvalue weighted by atomic mass is 16.5. The van der Waals surface area contributed by atoms with E-state index in [-0.39, 0.29) is 0 Å². The second kappa shape index (κ2) is 8.11. The van der Waals surface area contributed by atoms with Crippen molar-refractivity contribution in [2.24, 2.45) is 0 Å². The topological polar surface area (TPSA) is 9.23 Å². The number of ether oxygens (including phenoxy) is 1. The molecule has 0 fully saturated rings. The summed E-state index contributed by atoms with van der Waals surface area (Å²) in [6, 6.07) is 16.3. The Morgan fingerprint density at radius 3 is 1.86 bits per heavy atom. The van der Waals surface area contributed by atoms with Gasteiger partial charge in [-0.3, -0.25) is 0 Å². The molecule has 0 aliphatic heterocycles. The molecule has 0 amide bonds. The minimum atomic E-state index is 0.878. The number of benzene rings is 2. The molecule has 0 atom stereocenters. The van der Waals surface area contributed by atoms with E-state index in [2.05, 4.69) is 31.4 Å². The van der Waals surface area contributed by atoms with Crippen LogP contribution in [-0.4, -0.2) is 0 Å². The van der Waals surface area contributed by atoms with Crippen molar-refractivity contribution >= 4 is 0 Å². The number of hydrogen-bond acceptors (Lipinski definition) is 1. The van der Waals surface area contributed by atoms with Gasteiger partial charge in [-0.2, -0.15) is 0 Å². The predicted octanol–water partition coefficient (Wildman–Crippen LogP) is 5.72. The van der Waals surface area contributed by atoms with E-state index < -0.39 is 0 Å². The molecule has 0 aromatic heterocycles. The van der Waals surface area contributed by atoms with Crippen LogP contribution in [0.1, 0.15) is 24.0 Å². The Hall–Kier alpha value is -2.28. The number of aryl methyl sites for hydroxylation is 2. The van der Waals surface area contributed by atoms with Gasteiger partial charge in [0.2, 0.25) is 0 Å². The van der Waals surface area contributed by atoms with Crippen molar-refractivity contribution in [3.8, 4) is 11.5 Å². The Balaban J connectivity index is 2.32. The van der Waals surface area contributed by atoms with E-state index in [1.807, 2.05) is 42.5 Å². The van der Waals surface area contributed by atoms with E-state index in [0.29, 0.717) is 0 Å². The number of para-hydroxylation sites is 2. The third-order valence-corrected chi connectivity index (χ3v) is 3.38. The first kappa shape index (κ1) is 15.1. The summed E-state index contributed by atoms with van der Waals surface area (Å²) in [7, 11) is 0. The van der Waals surface area contributed by atoms with Crippen molar-refractivity contribution in [2.45, 2.75) is 25.7 Å². The Morgan fingerprint density at radius 1 is 0.762 bits per heavy atom. The van der Waals surface area contributed by atoms with Gasteiger partial charge in [0.15, 0.2) is 0 Å². The molecular weight excluding hydrogens is 256 g/mol. The van der Waals surface area contributed by atoms with Crippen molar-refractivity contribution in [1.82, 2.24) is 0 Å². The average Bonchev–Trinajstić information content (AvgIpc) is 2.53. The van der Waals surface area contributed by atoms with Crippen LogP contribution in [0.15, 0.2) is 73.8 Å². The lowest BCUT2D eigenvalue weighted by atomic mass is 10.0. The molecule has 21 heavy (non-hydrogen) atoms. The average molecular weight is 278 g/mol. The Morgan fingerprint density at radius 2 is 1.33 bits per heavy atom. The van der Waals surface area contributed by atoms with Gasteiger partial charge in [0.25, 0.3) is 0 Å². The molecule has 0 saturated heterocycles. The minimum absolute atomic E-state index is 0.878. The van der Waals surface area contributed by atoms with Crippen molar-refractivity contribution in [3.05, 3.63) is 85.0 Å². The van der Waals surface area contributed by atoms with Gasteiger partial charge in [-0.1, -0.05) is 48.6 Å². The van der Waals surface area contributed by atoms with Crippen LogP contribution in [0, 0.1) is 0 Å². The smallest absolute Gasteiger partial charge is 0.133 e. The van der Waals surface area contributed by atoms with Crippen molar-refractivity contribution in [1.29, 1.82) is 0 Å². The van der Waals surface area contributed by atoms with Gasteiger partial charge >= 0.3 is 0 Å². The van der Waals surface area contributed by atoms with Crippen LogP contribution >= 0.6 is 0 Å². The molecule has 0 saturated carbocycles. The first-order valence-corrected chi connectivity index (χ1v) is 7.40. The summed E-state index contributed by atoms with van der Waals surface area (Å²) in [4.78, 5) is 0. The Bertz CT molecular complexity index is 554. The summed E-state index contributed by atoms with van der Waals surface area (Å²) in [5.41, 5.74) is 2.47. The molecule has 0 aliphatic rings. The van der Waals surface area contributed by atoms with Gasteiger partial charge < -0.3 is 4.74 Å². The van der Waals surface area contributed by atoms with E-state index in [4.69, 9.17) is 4.74 Å². The van der Waals surface area contributed by atoms with Crippen molar-refractivity contribution in [2.75, 3.05) is 0 Å². The second-order valence-corrected chi connectivity index (χ2v) is 4.98. The van der Waals surface area contributed by atoms with Gasteiger partial charge in [-0.15, -0.1) is 13.2 Å². The van der Waals surface area contributed by atoms with Crippen molar-refractivity contribution < 1.29 is 4.74 Å². The number of hydrogen-bond donors (Lipinski definition) is 0. The standard InChI is InChI=1S/C20H22O/c1-3-5-11-17-13-10-14-18(12-6-4-2)20(17)21-19-15-8-7-9-16-19/h3-4,7-10,13-16H,1-2,5-6,11-12H2.